The Kier molecular flexibility index (Phi) is 23.9. The molecular weight excluding hydrogens is 352 g/mol. The first kappa shape index (κ1) is 27.4. The van der Waals surface area contributed by atoms with Crippen molar-refractivity contribution in [3.05, 3.63) is 0 Å². The van der Waals surface area contributed by atoms with Gasteiger partial charge in [0.05, 0.1) is 19.8 Å². The van der Waals surface area contributed by atoms with Gasteiger partial charge in [0.25, 0.3) is 0 Å². The Bertz CT molecular complexity index is 307. The highest BCUT2D eigenvalue weighted by Crippen LogP contribution is 2.13. The molecule has 4 nitrogen and oxygen atoms in total. The van der Waals surface area contributed by atoms with E-state index in [2.05, 4.69) is 6.92 Å². The van der Waals surface area contributed by atoms with Crippen LogP contribution in [-0.2, 0) is 14.3 Å². The monoisotopic (exact) mass is 400 g/mol. The van der Waals surface area contributed by atoms with Gasteiger partial charge < -0.3 is 14.6 Å². The number of carbonyl (C=O) groups is 1. The molecule has 0 atom stereocenters. The summed E-state index contributed by atoms with van der Waals surface area (Å²) in [5.41, 5.74) is 0. The summed E-state index contributed by atoms with van der Waals surface area (Å²) >= 11 is 0. The molecule has 0 fully saturated rings. The second-order valence-electron chi connectivity index (χ2n) is 7.96. The summed E-state index contributed by atoms with van der Waals surface area (Å²) < 4.78 is 10.4. The second-order valence-corrected chi connectivity index (χ2v) is 7.96. The standard InChI is InChI=1S/C24H48O4/c1-2-3-4-5-6-7-8-9-10-11-12-13-14-15-16-19-24(26)28-22-18-17-21-27-23-20-25/h25H,2-23H2,1H3. The Hall–Kier alpha value is -0.610. The van der Waals surface area contributed by atoms with Crippen molar-refractivity contribution in [2.75, 3.05) is 26.4 Å². The molecule has 0 aromatic rings. The van der Waals surface area contributed by atoms with Crippen LogP contribution in [0.25, 0.3) is 0 Å². The number of ether oxygens (including phenoxy) is 2. The van der Waals surface area contributed by atoms with Crippen molar-refractivity contribution in [1.29, 1.82) is 0 Å². The van der Waals surface area contributed by atoms with E-state index in [1.54, 1.807) is 0 Å². The van der Waals surface area contributed by atoms with Gasteiger partial charge in [0.1, 0.15) is 0 Å². The third-order valence-electron chi connectivity index (χ3n) is 5.17. The van der Waals surface area contributed by atoms with Crippen LogP contribution in [0.5, 0.6) is 0 Å². The summed E-state index contributed by atoms with van der Waals surface area (Å²) in [7, 11) is 0. The first-order valence-corrected chi connectivity index (χ1v) is 12.2. The van der Waals surface area contributed by atoms with Gasteiger partial charge in [-0.25, -0.2) is 0 Å². The first-order chi connectivity index (χ1) is 13.8. The first-order valence-electron chi connectivity index (χ1n) is 12.2. The van der Waals surface area contributed by atoms with E-state index in [0.29, 0.717) is 26.2 Å². The highest BCUT2D eigenvalue weighted by Gasteiger charge is 2.02. The smallest absolute Gasteiger partial charge is 0.305 e. The Balaban J connectivity index is 3.11. The lowest BCUT2D eigenvalue weighted by Crippen LogP contribution is -2.07. The average Bonchev–Trinajstić information content (AvgIpc) is 2.70. The summed E-state index contributed by atoms with van der Waals surface area (Å²) in [5.74, 6) is -0.0639. The zero-order valence-electron chi connectivity index (χ0n) is 18.7. The maximum absolute atomic E-state index is 11.6. The van der Waals surface area contributed by atoms with E-state index in [4.69, 9.17) is 14.6 Å². The fourth-order valence-corrected chi connectivity index (χ4v) is 3.37. The number of esters is 1. The SMILES string of the molecule is CCCCCCCCCCCCCCCCCC(=O)OCCCCOCCO. The van der Waals surface area contributed by atoms with Crippen LogP contribution in [0.2, 0.25) is 0 Å². The van der Waals surface area contributed by atoms with Gasteiger partial charge in [-0.2, -0.15) is 0 Å². The zero-order valence-corrected chi connectivity index (χ0v) is 18.7. The summed E-state index contributed by atoms with van der Waals surface area (Å²) in [6.07, 6.45) is 22.3. The number of aliphatic hydroxyl groups excluding tert-OH is 1. The van der Waals surface area contributed by atoms with E-state index >= 15 is 0 Å². The van der Waals surface area contributed by atoms with Gasteiger partial charge in [-0.15, -0.1) is 0 Å². The summed E-state index contributed by atoms with van der Waals surface area (Å²) in [6.45, 7) is 3.83. The summed E-state index contributed by atoms with van der Waals surface area (Å²) in [4.78, 5) is 11.6. The van der Waals surface area contributed by atoms with Crippen molar-refractivity contribution in [3.63, 3.8) is 0 Å². The molecule has 1 N–H and O–H groups in total. The van der Waals surface area contributed by atoms with E-state index in [0.717, 1.165) is 25.7 Å². The predicted octanol–water partition coefficient (Wildman–Crippen LogP) is 6.58. The Morgan fingerprint density at radius 2 is 1.07 bits per heavy atom. The molecule has 0 radical (unpaired) electrons. The van der Waals surface area contributed by atoms with Crippen LogP contribution in [0.4, 0.5) is 0 Å². The highest BCUT2D eigenvalue weighted by atomic mass is 16.5. The predicted molar refractivity (Wildman–Crippen MR) is 118 cm³/mol. The van der Waals surface area contributed by atoms with Crippen LogP contribution in [0.1, 0.15) is 122 Å². The minimum atomic E-state index is -0.0639. The molecule has 0 rings (SSSR count). The van der Waals surface area contributed by atoms with Crippen molar-refractivity contribution in [1.82, 2.24) is 0 Å². The highest BCUT2D eigenvalue weighted by molar-refractivity contribution is 5.69. The van der Waals surface area contributed by atoms with Crippen molar-refractivity contribution in [2.24, 2.45) is 0 Å². The Labute approximate surface area is 174 Å². The van der Waals surface area contributed by atoms with Crippen molar-refractivity contribution < 1.29 is 19.4 Å². The van der Waals surface area contributed by atoms with E-state index in [1.165, 1.54) is 83.5 Å². The molecule has 0 saturated carbocycles. The molecule has 0 aliphatic carbocycles. The molecule has 28 heavy (non-hydrogen) atoms. The maximum Gasteiger partial charge on any atom is 0.305 e. The van der Waals surface area contributed by atoms with E-state index in [1.807, 2.05) is 0 Å². The lowest BCUT2D eigenvalue weighted by molar-refractivity contribution is -0.144. The largest absolute Gasteiger partial charge is 0.466 e. The molecule has 0 aliphatic rings. The van der Waals surface area contributed by atoms with Crippen LogP contribution in [0.3, 0.4) is 0 Å². The molecule has 168 valence electrons. The fourth-order valence-electron chi connectivity index (χ4n) is 3.37. The quantitative estimate of drug-likeness (QED) is 0.155. The molecule has 0 unspecified atom stereocenters. The molecule has 0 heterocycles. The topological polar surface area (TPSA) is 55.8 Å². The van der Waals surface area contributed by atoms with Gasteiger partial charge >= 0.3 is 5.97 Å². The number of aliphatic hydroxyl groups is 1. The van der Waals surface area contributed by atoms with E-state index in [9.17, 15) is 4.79 Å². The lowest BCUT2D eigenvalue weighted by Gasteiger charge is -2.06. The minimum Gasteiger partial charge on any atom is -0.466 e. The molecule has 0 aromatic heterocycles. The van der Waals surface area contributed by atoms with Gasteiger partial charge in [0, 0.05) is 13.0 Å². The average molecular weight is 401 g/mol. The molecule has 0 spiro atoms. The Morgan fingerprint density at radius 1 is 0.607 bits per heavy atom. The Morgan fingerprint density at radius 3 is 1.57 bits per heavy atom. The number of hydrogen-bond acceptors (Lipinski definition) is 4. The van der Waals surface area contributed by atoms with E-state index < -0.39 is 0 Å². The molecule has 4 heteroatoms. The summed E-state index contributed by atoms with van der Waals surface area (Å²) in [6, 6.07) is 0. The number of rotatable bonds is 23. The molecule has 0 aliphatic heterocycles. The van der Waals surface area contributed by atoms with Crippen LogP contribution < -0.4 is 0 Å². The van der Waals surface area contributed by atoms with Crippen molar-refractivity contribution >= 4 is 5.97 Å². The number of carbonyl (C=O) groups excluding carboxylic acids is 1. The normalized spacial score (nSPS) is 11.1. The molecule has 0 saturated heterocycles. The number of hydrogen-bond donors (Lipinski definition) is 1. The lowest BCUT2D eigenvalue weighted by atomic mass is 10.0. The van der Waals surface area contributed by atoms with E-state index in [-0.39, 0.29) is 12.6 Å². The van der Waals surface area contributed by atoms with Gasteiger partial charge in [-0.05, 0) is 19.3 Å². The maximum atomic E-state index is 11.6. The molecule has 0 bridgehead atoms. The van der Waals surface area contributed by atoms with Gasteiger partial charge in [0.2, 0.25) is 0 Å². The van der Waals surface area contributed by atoms with Crippen LogP contribution in [0.15, 0.2) is 0 Å². The minimum absolute atomic E-state index is 0.0637. The molecule has 0 amide bonds. The van der Waals surface area contributed by atoms with Crippen molar-refractivity contribution in [3.8, 4) is 0 Å². The van der Waals surface area contributed by atoms with Crippen LogP contribution in [-0.4, -0.2) is 37.5 Å². The third kappa shape index (κ3) is 23.4. The molecule has 0 aromatic carbocycles. The summed E-state index contributed by atoms with van der Waals surface area (Å²) in [5, 5.41) is 8.58. The van der Waals surface area contributed by atoms with Crippen LogP contribution >= 0.6 is 0 Å². The van der Waals surface area contributed by atoms with Gasteiger partial charge in [-0.3, -0.25) is 4.79 Å². The zero-order chi connectivity index (χ0) is 20.5. The van der Waals surface area contributed by atoms with Crippen LogP contribution in [0, 0.1) is 0 Å². The number of unbranched alkanes of at least 4 members (excludes halogenated alkanes) is 15. The van der Waals surface area contributed by atoms with Gasteiger partial charge in [0.15, 0.2) is 0 Å². The second kappa shape index (κ2) is 24.4. The fraction of sp³-hybridized carbons (Fsp3) is 0.958. The molecular formula is C24H48O4. The van der Waals surface area contributed by atoms with Gasteiger partial charge in [-0.1, -0.05) is 96.8 Å². The third-order valence-corrected chi connectivity index (χ3v) is 5.17. The van der Waals surface area contributed by atoms with Crippen molar-refractivity contribution in [2.45, 2.75) is 122 Å².